The van der Waals surface area contributed by atoms with Gasteiger partial charge < -0.3 is 71.4 Å². The van der Waals surface area contributed by atoms with Crippen LogP contribution in [0.2, 0.25) is 0 Å². The van der Waals surface area contributed by atoms with Gasteiger partial charge in [-0.05, 0) is 18.6 Å². The molecule has 0 amide bonds. The van der Waals surface area contributed by atoms with Gasteiger partial charge in [0.1, 0.15) is 6.61 Å². The van der Waals surface area contributed by atoms with E-state index in [1.165, 1.54) is 51.4 Å². The minimum atomic E-state index is -0.996. The van der Waals surface area contributed by atoms with Crippen LogP contribution in [0, 0.1) is 0 Å². The lowest BCUT2D eigenvalue weighted by Gasteiger charge is -2.09. The molecule has 0 rings (SSSR count). The number of carboxylic acids is 1. The highest BCUT2D eigenvalue weighted by Gasteiger charge is 1.99. The first-order chi connectivity index (χ1) is 27.8. The molecule has 0 saturated heterocycles. The van der Waals surface area contributed by atoms with E-state index in [9.17, 15) is 4.79 Å². The maximum absolute atomic E-state index is 10.3. The van der Waals surface area contributed by atoms with Crippen LogP contribution < -0.4 is 0 Å². The van der Waals surface area contributed by atoms with Gasteiger partial charge in [0.05, 0.1) is 172 Å². The van der Waals surface area contributed by atoms with Crippen LogP contribution in [0.3, 0.4) is 0 Å². The highest BCUT2D eigenvalue weighted by molar-refractivity contribution is 7.80. The Kier molecular flexibility index (Phi) is 51.6. The van der Waals surface area contributed by atoms with Crippen LogP contribution in [0.5, 0.6) is 0 Å². The van der Waals surface area contributed by atoms with Gasteiger partial charge in [0.25, 0.3) is 0 Å². The van der Waals surface area contributed by atoms with Gasteiger partial charge in [-0.15, -0.1) is 0 Å². The first-order valence-electron chi connectivity index (χ1n) is 20.7. The fraction of sp³-hybridized carbons (Fsp3) is 0.974. The van der Waals surface area contributed by atoms with Gasteiger partial charge in [-0.3, -0.25) is 0 Å². The van der Waals surface area contributed by atoms with Gasteiger partial charge in [-0.25, -0.2) is 4.79 Å². The van der Waals surface area contributed by atoms with Gasteiger partial charge in [0, 0.05) is 6.61 Å². The van der Waals surface area contributed by atoms with E-state index in [4.69, 9.17) is 71.4 Å². The number of hydrogen-bond donors (Lipinski definition) is 2. The molecule has 56 heavy (non-hydrogen) atoms. The van der Waals surface area contributed by atoms with Crippen molar-refractivity contribution in [3.63, 3.8) is 0 Å². The van der Waals surface area contributed by atoms with Crippen molar-refractivity contribution in [1.29, 1.82) is 0 Å². The molecule has 0 atom stereocenters. The summed E-state index contributed by atoms with van der Waals surface area (Å²) in [6.07, 6.45) is 11.7. The maximum Gasteiger partial charge on any atom is 0.329 e. The Morgan fingerprint density at radius 3 is 0.661 bits per heavy atom. The minimum Gasteiger partial charge on any atom is -0.480 e. The Balaban J connectivity index is 3.06. The standard InChI is InChI=1S/C39H78O16S/c40-39(41)38-55-36-35-54-34-33-53-32-31-52-30-29-51-28-27-50-26-25-49-24-23-48-22-21-47-20-19-46-18-17-45-16-15-44-14-13-43-12-11-42-10-8-6-4-2-1-3-5-7-9-37-56/h56H,1-38H2,(H,40,41). The fourth-order valence-corrected chi connectivity index (χ4v) is 4.80. The summed E-state index contributed by atoms with van der Waals surface area (Å²) in [7, 11) is 0. The van der Waals surface area contributed by atoms with E-state index in [0.29, 0.717) is 165 Å². The van der Waals surface area contributed by atoms with Gasteiger partial charge in [0.15, 0.2) is 0 Å². The van der Waals surface area contributed by atoms with E-state index in [1.54, 1.807) is 0 Å². The molecule has 0 unspecified atom stereocenters. The van der Waals surface area contributed by atoms with E-state index < -0.39 is 5.97 Å². The number of rotatable bonds is 52. The average molecular weight is 835 g/mol. The monoisotopic (exact) mass is 835 g/mol. The number of carboxylic acid groups (broad SMARTS) is 1. The molecular formula is C39H78O16S. The smallest absolute Gasteiger partial charge is 0.329 e. The van der Waals surface area contributed by atoms with Gasteiger partial charge in [-0.1, -0.05) is 44.9 Å². The normalized spacial score (nSPS) is 11.6. The first kappa shape index (κ1) is 55.3. The number of thiol groups is 1. The molecular weight excluding hydrogens is 756 g/mol. The van der Waals surface area contributed by atoms with Crippen LogP contribution in [-0.4, -0.2) is 202 Å². The van der Waals surface area contributed by atoms with Crippen molar-refractivity contribution in [1.82, 2.24) is 0 Å². The van der Waals surface area contributed by atoms with Crippen LogP contribution in [-0.2, 0) is 71.1 Å². The number of ether oxygens (including phenoxy) is 14. The van der Waals surface area contributed by atoms with Crippen LogP contribution in [0.1, 0.15) is 57.8 Å². The molecule has 1 N–H and O–H groups in total. The summed E-state index contributed by atoms with van der Waals surface area (Å²) < 4.78 is 76.1. The summed E-state index contributed by atoms with van der Waals surface area (Å²) in [4.78, 5) is 10.3. The second-order valence-electron chi connectivity index (χ2n) is 12.3. The summed E-state index contributed by atoms with van der Waals surface area (Å²) >= 11 is 4.25. The SMILES string of the molecule is O=C(O)COCCOCCOCCOCCOCCOCCOCCOCCOCCOCCOCCOCCOCCOCCCCCCCCCCCS. The van der Waals surface area contributed by atoms with Crippen molar-refractivity contribution in [3.8, 4) is 0 Å². The summed E-state index contributed by atoms with van der Waals surface area (Å²) in [5.74, 6) is 0.0192. The van der Waals surface area contributed by atoms with Crippen LogP contribution in [0.4, 0.5) is 0 Å². The molecule has 0 fully saturated rings. The Morgan fingerprint density at radius 2 is 0.446 bits per heavy atom. The third-order valence-corrected chi connectivity index (χ3v) is 7.82. The Labute approximate surface area is 342 Å². The molecule has 0 heterocycles. The number of unbranched alkanes of at least 4 members (excludes halogenated alkanes) is 8. The minimum absolute atomic E-state index is 0.240. The van der Waals surface area contributed by atoms with Crippen LogP contribution in [0.25, 0.3) is 0 Å². The lowest BCUT2D eigenvalue weighted by atomic mass is 10.1. The summed E-state index contributed by atoms with van der Waals surface area (Å²) in [5.41, 5.74) is 0. The molecule has 336 valence electrons. The highest BCUT2D eigenvalue weighted by atomic mass is 32.1. The van der Waals surface area contributed by atoms with Crippen molar-refractivity contribution in [3.05, 3.63) is 0 Å². The zero-order valence-corrected chi connectivity index (χ0v) is 35.3. The average Bonchev–Trinajstić information content (AvgIpc) is 3.20. The number of carbonyl (C=O) groups is 1. The molecule has 0 aliphatic heterocycles. The zero-order chi connectivity index (χ0) is 40.3. The third-order valence-electron chi connectivity index (χ3n) is 7.51. The summed E-state index contributed by atoms with van der Waals surface area (Å²) in [5, 5.41) is 8.44. The topological polar surface area (TPSA) is 167 Å². The van der Waals surface area contributed by atoms with Crippen LogP contribution >= 0.6 is 12.6 Å². The largest absolute Gasteiger partial charge is 0.480 e. The van der Waals surface area contributed by atoms with Crippen LogP contribution in [0.15, 0.2) is 0 Å². The molecule has 0 spiro atoms. The predicted octanol–water partition coefficient (Wildman–Crippen LogP) is 3.74. The molecule has 0 saturated carbocycles. The molecule has 0 aliphatic carbocycles. The molecule has 0 aromatic rings. The Morgan fingerprint density at radius 1 is 0.268 bits per heavy atom. The summed E-state index contributed by atoms with van der Waals surface area (Å²) in [6.45, 7) is 13.2. The van der Waals surface area contributed by atoms with Gasteiger partial charge in [0.2, 0.25) is 0 Å². The molecule has 17 heteroatoms. The third kappa shape index (κ3) is 53.3. The van der Waals surface area contributed by atoms with E-state index in [0.717, 1.165) is 18.8 Å². The highest BCUT2D eigenvalue weighted by Crippen LogP contribution is 2.10. The maximum atomic E-state index is 10.3. The van der Waals surface area contributed by atoms with Crippen molar-refractivity contribution in [2.24, 2.45) is 0 Å². The molecule has 0 aromatic carbocycles. The quantitative estimate of drug-likeness (QED) is 0.0672. The zero-order valence-electron chi connectivity index (χ0n) is 34.4. The van der Waals surface area contributed by atoms with E-state index in [2.05, 4.69) is 12.6 Å². The molecule has 0 aromatic heterocycles. The van der Waals surface area contributed by atoms with Gasteiger partial charge >= 0.3 is 5.97 Å². The number of aliphatic carboxylic acids is 1. The molecule has 16 nitrogen and oxygen atoms in total. The second kappa shape index (κ2) is 52.3. The Hall–Kier alpha value is -0.740. The molecule has 0 bridgehead atoms. The van der Waals surface area contributed by atoms with Crippen molar-refractivity contribution in [2.45, 2.75) is 57.8 Å². The number of hydrogen-bond acceptors (Lipinski definition) is 16. The Bertz CT molecular complexity index is 731. The summed E-state index contributed by atoms with van der Waals surface area (Å²) in [6, 6.07) is 0. The lowest BCUT2D eigenvalue weighted by Crippen LogP contribution is -2.16. The van der Waals surface area contributed by atoms with E-state index in [1.807, 2.05) is 0 Å². The first-order valence-corrected chi connectivity index (χ1v) is 21.3. The predicted molar refractivity (Wildman–Crippen MR) is 215 cm³/mol. The van der Waals surface area contributed by atoms with E-state index in [-0.39, 0.29) is 13.2 Å². The fourth-order valence-electron chi connectivity index (χ4n) is 4.57. The van der Waals surface area contributed by atoms with Crippen molar-refractivity contribution >= 4 is 18.6 Å². The molecule has 0 aliphatic rings. The second-order valence-corrected chi connectivity index (χ2v) is 12.8. The van der Waals surface area contributed by atoms with Crippen molar-refractivity contribution < 1.29 is 76.2 Å². The lowest BCUT2D eigenvalue weighted by molar-refractivity contribution is -0.142. The van der Waals surface area contributed by atoms with E-state index >= 15 is 0 Å². The van der Waals surface area contributed by atoms with Gasteiger partial charge in [-0.2, -0.15) is 12.6 Å². The van der Waals surface area contributed by atoms with Crippen molar-refractivity contribution in [2.75, 3.05) is 191 Å². The molecule has 0 radical (unpaired) electrons.